The van der Waals surface area contributed by atoms with Gasteiger partial charge in [-0.25, -0.2) is 13.1 Å². The lowest BCUT2D eigenvalue weighted by Crippen LogP contribution is -2.34. The molecule has 0 heterocycles. The Balaban J connectivity index is 2.05. The molecule has 1 aliphatic carbocycles. The van der Waals surface area contributed by atoms with E-state index < -0.39 is 10.0 Å². The molecule has 1 saturated carbocycles. The van der Waals surface area contributed by atoms with Crippen LogP contribution in [-0.4, -0.2) is 14.5 Å². The third kappa shape index (κ3) is 4.32. The van der Waals surface area contributed by atoms with E-state index in [1.165, 1.54) is 18.4 Å². The monoisotopic (exact) mass is 295 g/mol. The van der Waals surface area contributed by atoms with Gasteiger partial charge in [-0.1, -0.05) is 51.2 Å². The van der Waals surface area contributed by atoms with Gasteiger partial charge in [-0.2, -0.15) is 0 Å². The number of sulfonamides is 1. The molecule has 1 N–H and O–H groups in total. The van der Waals surface area contributed by atoms with Crippen molar-refractivity contribution >= 4 is 10.0 Å². The molecule has 3 nitrogen and oxygen atoms in total. The van der Waals surface area contributed by atoms with Gasteiger partial charge in [-0.05, 0) is 37.0 Å². The fraction of sp³-hybridized carbons (Fsp3) is 0.625. The summed E-state index contributed by atoms with van der Waals surface area (Å²) in [6.45, 7) is 2.12. The van der Waals surface area contributed by atoms with E-state index in [9.17, 15) is 8.42 Å². The number of hydrogen-bond acceptors (Lipinski definition) is 2. The van der Waals surface area contributed by atoms with E-state index in [0.29, 0.717) is 4.90 Å². The molecule has 20 heavy (non-hydrogen) atoms. The minimum Gasteiger partial charge on any atom is -0.208 e. The van der Waals surface area contributed by atoms with Gasteiger partial charge >= 0.3 is 0 Å². The summed E-state index contributed by atoms with van der Waals surface area (Å²) in [7, 11) is -3.36. The topological polar surface area (TPSA) is 46.2 Å². The van der Waals surface area contributed by atoms with Gasteiger partial charge in [0, 0.05) is 6.04 Å². The molecule has 0 saturated heterocycles. The van der Waals surface area contributed by atoms with E-state index in [2.05, 4.69) is 11.6 Å². The first-order valence-electron chi connectivity index (χ1n) is 7.73. The predicted molar refractivity (Wildman–Crippen MR) is 82.2 cm³/mol. The van der Waals surface area contributed by atoms with E-state index in [-0.39, 0.29) is 6.04 Å². The highest BCUT2D eigenvalue weighted by Gasteiger charge is 2.20. The maximum absolute atomic E-state index is 12.4. The molecule has 1 aliphatic rings. The molecule has 0 bridgehead atoms. The molecule has 0 aliphatic heterocycles. The summed E-state index contributed by atoms with van der Waals surface area (Å²) in [5.74, 6) is 0. The van der Waals surface area contributed by atoms with Crippen LogP contribution < -0.4 is 4.72 Å². The van der Waals surface area contributed by atoms with E-state index in [1.54, 1.807) is 12.1 Å². The lowest BCUT2D eigenvalue weighted by Gasteiger charge is -2.16. The Labute approximate surface area is 122 Å². The lowest BCUT2D eigenvalue weighted by atomic mass is 10.1. The molecule has 0 unspecified atom stereocenters. The summed E-state index contributed by atoms with van der Waals surface area (Å²) in [5, 5.41) is 0. The average Bonchev–Trinajstić information content (AvgIpc) is 2.68. The predicted octanol–water partition coefficient (Wildman–Crippen LogP) is 3.64. The van der Waals surface area contributed by atoms with Gasteiger partial charge in [-0.3, -0.25) is 0 Å². The fourth-order valence-electron chi connectivity index (χ4n) is 2.81. The van der Waals surface area contributed by atoms with Gasteiger partial charge in [0.05, 0.1) is 4.90 Å². The first-order chi connectivity index (χ1) is 9.62. The molecule has 0 atom stereocenters. The third-order valence-electron chi connectivity index (χ3n) is 3.95. The maximum Gasteiger partial charge on any atom is 0.240 e. The van der Waals surface area contributed by atoms with Crippen LogP contribution in [0, 0.1) is 0 Å². The van der Waals surface area contributed by atoms with Crippen LogP contribution in [-0.2, 0) is 16.4 Å². The normalized spacial score (nSPS) is 17.9. The Morgan fingerprint density at radius 2 is 1.65 bits per heavy atom. The molecule has 0 spiro atoms. The van der Waals surface area contributed by atoms with Gasteiger partial charge in [0.15, 0.2) is 0 Å². The van der Waals surface area contributed by atoms with E-state index in [0.717, 1.165) is 38.5 Å². The van der Waals surface area contributed by atoms with E-state index >= 15 is 0 Å². The number of aryl methyl sites for hydroxylation is 1. The second-order valence-corrected chi connectivity index (χ2v) is 7.42. The van der Waals surface area contributed by atoms with Crippen LogP contribution in [0.1, 0.15) is 57.4 Å². The summed E-state index contributed by atoms with van der Waals surface area (Å²) in [6, 6.07) is 7.41. The molecular formula is C16H25NO2S. The Morgan fingerprint density at radius 1 is 1.05 bits per heavy atom. The van der Waals surface area contributed by atoms with Crippen LogP contribution in [0.4, 0.5) is 0 Å². The minimum absolute atomic E-state index is 0.109. The number of hydrogen-bond donors (Lipinski definition) is 1. The maximum atomic E-state index is 12.4. The van der Waals surface area contributed by atoms with Crippen LogP contribution in [0.5, 0.6) is 0 Å². The zero-order valence-electron chi connectivity index (χ0n) is 12.3. The summed E-state index contributed by atoms with van der Waals surface area (Å²) in [5.41, 5.74) is 1.20. The summed E-state index contributed by atoms with van der Waals surface area (Å²) >= 11 is 0. The van der Waals surface area contributed by atoms with Crippen molar-refractivity contribution in [2.45, 2.75) is 69.2 Å². The van der Waals surface area contributed by atoms with Gasteiger partial charge in [0.25, 0.3) is 0 Å². The molecule has 4 heteroatoms. The zero-order valence-corrected chi connectivity index (χ0v) is 13.1. The Kier molecular flexibility index (Phi) is 5.61. The van der Waals surface area contributed by atoms with Crippen molar-refractivity contribution in [3.8, 4) is 0 Å². The second-order valence-electron chi connectivity index (χ2n) is 5.70. The standard InChI is InChI=1S/C16H25NO2S/c1-2-7-14-10-12-16(13-11-14)20(18,19)17-15-8-5-3-4-6-9-15/h10-13,15,17H,2-9H2,1H3. The van der Waals surface area contributed by atoms with Gasteiger partial charge in [0.1, 0.15) is 0 Å². The average molecular weight is 295 g/mol. The molecule has 0 amide bonds. The smallest absolute Gasteiger partial charge is 0.208 e. The molecule has 0 radical (unpaired) electrons. The first-order valence-corrected chi connectivity index (χ1v) is 9.21. The van der Waals surface area contributed by atoms with Crippen molar-refractivity contribution in [1.82, 2.24) is 4.72 Å². The van der Waals surface area contributed by atoms with Gasteiger partial charge in [0.2, 0.25) is 10.0 Å². The van der Waals surface area contributed by atoms with Crippen LogP contribution >= 0.6 is 0 Å². The molecule has 0 aromatic heterocycles. The number of nitrogens with one attached hydrogen (secondary N) is 1. The fourth-order valence-corrected chi connectivity index (χ4v) is 4.11. The van der Waals surface area contributed by atoms with Crippen LogP contribution in [0.25, 0.3) is 0 Å². The number of rotatable bonds is 5. The van der Waals surface area contributed by atoms with Crippen molar-refractivity contribution in [2.75, 3.05) is 0 Å². The zero-order chi connectivity index (χ0) is 14.4. The van der Waals surface area contributed by atoms with Crippen molar-refractivity contribution in [1.29, 1.82) is 0 Å². The Morgan fingerprint density at radius 3 is 2.20 bits per heavy atom. The summed E-state index contributed by atoms with van der Waals surface area (Å²) < 4.78 is 27.6. The Bertz CT molecular complexity index is 500. The highest BCUT2D eigenvalue weighted by molar-refractivity contribution is 7.89. The van der Waals surface area contributed by atoms with Crippen molar-refractivity contribution in [2.24, 2.45) is 0 Å². The van der Waals surface area contributed by atoms with Crippen molar-refractivity contribution in [3.05, 3.63) is 29.8 Å². The van der Waals surface area contributed by atoms with Gasteiger partial charge < -0.3 is 0 Å². The lowest BCUT2D eigenvalue weighted by molar-refractivity contribution is 0.510. The van der Waals surface area contributed by atoms with E-state index in [1.807, 2.05) is 12.1 Å². The van der Waals surface area contributed by atoms with E-state index in [4.69, 9.17) is 0 Å². The SMILES string of the molecule is CCCc1ccc(S(=O)(=O)NC2CCCCCC2)cc1. The number of benzene rings is 1. The van der Waals surface area contributed by atoms with Gasteiger partial charge in [-0.15, -0.1) is 0 Å². The third-order valence-corrected chi connectivity index (χ3v) is 5.49. The highest BCUT2D eigenvalue weighted by Crippen LogP contribution is 2.20. The van der Waals surface area contributed by atoms with Crippen LogP contribution in [0.15, 0.2) is 29.2 Å². The molecule has 2 rings (SSSR count). The second kappa shape index (κ2) is 7.23. The molecule has 112 valence electrons. The Hall–Kier alpha value is -0.870. The summed E-state index contributed by atoms with van der Waals surface area (Å²) in [6.07, 6.45) is 8.71. The summed E-state index contributed by atoms with van der Waals surface area (Å²) in [4.78, 5) is 0.390. The first kappa shape index (κ1) is 15.5. The van der Waals surface area contributed by atoms with Crippen LogP contribution in [0.3, 0.4) is 0 Å². The van der Waals surface area contributed by atoms with Crippen molar-refractivity contribution in [3.63, 3.8) is 0 Å². The van der Waals surface area contributed by atoms with Crippen LogP contribution in [0.2, 0.25) is 0 Å². The largest absolute Gasteiger partial charge is 0.240 e. The van der Waals surface area contributed by atoms with Crippen molar-refractivity contribution < 1.29 is 8.42 Å². The molecule has 1 aromatic carbocycles. The quantitative estimate of drug-likeness (QED) is 0.843. The minimum atomic E-state index is -3.36. The molecule has 1 aromatic rings. The molecule has 1 fully saturated rings. The highest BCUT2D eigenvalue weighted by atomic mass is 32.2. The molecular weight excluding hydrogens is 270 g/mol.